The van der Waals surface area contributed by atoms with Crippen molar-refractivity contribution in [1.82, 2.24) is 5.32 Å². The van der Waals surface area contributed by atoms with Crippen LogP contribution in [0.15, 0.2) is 42.5 Å². The lowest BCUT2D eigenvalue weighted by Gasteiger charge is -2.28. The molecule has 1 unspecified atom stereocenters. The number of para-hydroxylation sites is 1. The van der Waals surface area contributed by atoms with Gasteiger partial charge in [-0.25, -0.2) is 0 Å². The first-order chi connectivity index (χ1) is 9.29. The molecule has 0 aliphatic carbocycles. The monoisotopic (exact) mass is 254 g/mol. The summed E-state index contributed by atoms with van der Waals surface area (Å²) in [6.45, 7) is 0.971. The highest BCUT2D eigenvalue weighted by Gasteiger charge is 2.23. The maximum atomic E-state index is 6.11. The molecule has 0 aromatic heterocycles. The maximum Gasteiger partial charge on any atom is 0.119 e. The van der Waals surface area contributed by atoms with Gasteiger partial charge in [0.2, 0.25) is 0 Å². The fourth-order valence-corrected chi connectivity index (χ4v) is 2.71. The van der Waals surface area contributed by atoms with Crippen molar-refractivity contribution >= 4 is 5.69 Å². The van der Waals surface area contributed by atoms with E-state index >= 15 is 0 Å². The second kappa shape index (κ2) is 4.94. The molecule has 1 heterocycles. The van der Waals surface area contributed by atoms with Gasteiger partial charge in [-0.05, 0) is 41.3 Å². The predicted octanol–water partition coefficient (Wildman–Crippen LogP) is 2.51. The third kappa shape index (κ3) is 2.17. The van der Waals surface area contributed by atoms with E-state index in [0.29, 0.717) is 0 Å². The van der Waals surface area contributed by atoms with Gasteiger partial charge < -0.3 is 15.8 Å². The summed E-state index contributed by atoms with van der Waals surface area (Å²) in [5, 5.41) is 3.55. The largest absolute Gasteiger partial charge is 0.497 e. The Labute approximate surface area is 113 Å². The number of nitrogens with two attached hydrogens (primary N) is 1. The molecule has 2 aromatic carbocycles. The Bertz CT molecular complexity index is 595. The molecule has 0 bridgehead atoms. The lowest BCUT2D eigenvalue weighted by Crippen LogP contribution is -2.31. The van der Waals surface area contributed by atoms with Crippen molar-refractivity contribution in [2.24, 2.45) is 0 Å². The average Bonchev–Trinajstić information content (AvgIpc) is 2.47. The van der Waals surface area contributed by atoms with Gasteiger partial charge in [0.1, 0.15) is 5.75 Å². The summed E-state index contributed by atoms with van der Waals surface area (Å²) in [7, 11) is 1.70. The number of ether oxygens (including phenoxy) is 1. The molecule has 0 spiro atoms. The van der Waals surface area contributed by atoms with E-state index in [0.717, 1.165) is 30.0 Å². The van der Waals surface area contributed by atoms with Crippen molar-refractivity contribution in [2.45, 2.75) is 12.5 Å². The Kier molecular flexibility index (Phi) is 3.13. The van der Waals surface area contributed by atoms with E-state index in [-0.39, 0.29) is 6.04 Å². The molecule has 1 atom stereocenters. The Morgan fingerprint density at radius 2 is 2.00 bits per heavy atom. The van der Waals surface area contributed by atoms with Gasteiger partial charge in [-0.2, -0.15) is 0 Å². The zero-order valence-corrected chi connectivity index (χ0v) is 11.0. The number of methoxy groups -OCH3 is 1. The van der Waals surface area contributed by atoms with Crippen molar-refractivity contribution in [2.75, 3.05) is 19.4 Å². The third-order valence-corrected chi connectivity index (χ3v) is 3.71. The first-order valence-corrected chi connectivity index (χ1v) is 6.54. The molecular formula is C16H18N2O. The fourth-order valence-electron chi connectivity index (χ4n) is 2.71. The van der Waals surface area contributed by atoms with Crippen LogP contribution in [0, 0.1) is 0 Å². The van der Waals surface area contributed by atoms with Gasteiger partial charge in [0.15, 0.2) is 0 Å². The number of benzene rings is 2. The molecule has 0 saturated heterocycles. The molecule has 0 saturated carbocycles. The number of rotatable bonds is 2. The zero-order chi connectivity index (χ0) is 13.2. The van der Waals surface area contributed by atoms with Crippen LogP contribution in [0.25, 0.3) is 0 Å². The summed E-state index contributed by atoms with van der Waals surface area (Å²) >= 11 is 0. The van der Waals surface area contributed by atoms with E-state index in [1.165, 1.54) is 11.1 Å². The third-order valence-electron chi connectivity index (χ3n) is 3.71. The van der Waals surface area contributed by atoms with Crippen LogP contribution in [0.4, 0.5) is 5.69 Å². The average molecular weight is 254 g/mol. The molecule has 1 aliphatic rings. The molecule has 98 valence electrons. The SMILES string of the molecule is COc1ccc2c(c1)C(c1ccccc1N)NCC2. The second-order valence-corrected chi connectivity index (χ2v) is 4.83. The van der Waals surface area contributed by atoms with Crippen LogP contribution in [0.2, 0.25) is 0 Å². The smallest absolute Gasteiger partial charge is 0.119 e. The number of nitrogens with one attached hydrogen (secondary N) is 1. The highest BCUT2D eigenvalue weighted by molar-refractivity contribution is 5.54. The van der Waals surface area contributed by atoms with Crippen LogP contribution in [-0.2, 0) is 6.42 Å². The molecule has 0 amide bonds. The maximum absolute atomic E-state index is 6.11. The molecule has 3 heteroatoms. The lowest BCUT2D eigenvalue weighted by molar-refractivity contribution is 0.412. The summed E-state index contributed by atoms with van der Waals surface area (Å²) in [5.41, 5.74) is 10.7. The molecule has 0 fully saturated rings. The summed E-state index contributed by atoms with van der Waals surface area (Å²) in [5.74, 6) is 0.891. The van der Waals surface area contributed by atoms with Gasteiger partial charge in [-0.1, -0.05) is 24.3 Å². The van der Waals surface area contributed by atoms with Gasteiger partial charge in [0, 0.05) is 12.2 Å². The summed E-state index contributed by atoms with van der Waals surface area (Å²) in [6, 6.07) is 14.5. The van der Waals surface area contributed by atoms with Crippen LogP contribution >= 0.6 is 0 Å². The van der Waals surface area contributed by atoms with Crippen LogP contribution in [0.1, 0.15) is 22.7 Å². The molecule has 1 aliphatic heterocycles. The van der Waals surface area contributed by atoms with Gasteiger partial charge in [-0.15, -0.1) is 0 Å². The Morgan fingerprint density at radius 3 is 2.79 bits per heavy atom. The van der Waals surface area contributed by atoms with Crippen LogP contribution in [-0.4, -0.2) is 13.7 Å². The minimum Gasteiger partial charge on any atom is -0.497 e. The first kappa shape index (κ1) is 12.1. The fraction of sp³-hybridized carbons (Fsp3) is 0.250. The topological polar surface area (TPSA) is 47.3 Å². The van der Waals surface area contributed by atoms with Crippen molar-refractivity contribution in [3.05, 3.63) is 59.2 Å². The Hall–Kier alpha value is -2.00. The molecule has 0 radical (unpaired) electrons. The van der Waals surface area contributed by atoms with E-state index in [2.05, 4.69) is 23.5 Å². The van der Waals surface area contributed by atoms with Crippen LogP contribution < -0.4 is 15.8 Å². The minimum absolute atomic E-state index is 0.153. The molecule has 3 rings (SSSR count). The summed E-state index contributed by atoms with van der Waals surface area (Å²) in [6.07, 6.45) is 1.04. The van der Waals surface area contributed by atoms with E-state index in [1.54, 1.807) is 7.11 Å². The summed E-state index contributed by atoms with van der Waals surface area (Å²) in [4.78, 5) is 0. The van der Waals surface area contributed by atoms with Crippen molar-refractivity contribution in [3.63, 3.8) is 0 Å². The van der Waals surface area contributed by atoms with E-state index in [9.17, 15) is 0 Å². The Balaban J connectivity index is 2.09. The number of hydrogen-bond donors (Lipinski definition) is 2. The van der Waals surface area contributed by atoms with Crippen molar-refractivity contribution < 1.29 is 4.74 Å². The minimum atomic E-state index is 0.153. The highest BCUT2D eigenvalue weighted by Crippen LogP contribution is 2.33. The number of hydrogen-bond acceptors (Lipinski definition) is 3. The second-order valence-electron chi connectivity index (χ2n) is 4.83. The van der Waals surface area contributed by atoms with Crippen LogP contribution in [0.3, 0.4) is 0 Å². The lowest BCUT2D eigenvalue weighted by atomic mass is 9.89. The van der Waals surface area contributed by atoms with E-state index in [1.807, 2.05) is 24.3 Å². The van der Waals surface area contributed by atoms with E-state index in [4.69, 9.17) is 10.5 Å². The van der Waals surface area contributed by atoms with Gasteiger partial charge in [0.05, 0.1) is 13.2 Å². The number of nitrogen functional groups attached to an aromatic ring is 1. The highest BCUT2D eigenvalue weighted by atomic mass is 16.5. The van der Waals surface area contributed by atoms with Gasteiger partial charge in [0.25, 0.3) is 0 Å². The standard InChI is InChI=1S/C16H18N2O/c1-19-12-7-6-11-8-9-18-16(14(11)10-12)13-4-2-3-5-15(13)17/h2-7,10,16,18H,8-9,17H2,1H3. The molecule has 2 aromatic rings. The molecular weight excluding hydrogens is 236 g/mol. The Morgan fingerprint density at radius 1 is 1.16 bits per heavy atom. The normalized spacial score (nSPS) is 17.8. The van der Waals surface area contributed by atoms with E-state index < -0.39 is 0 Å². The first-order valence-electron chi connectivity index (χ1n) is 6.54. The molecule has 3 N–H and O–H groups in total. The van der Waals surface area contributed by atoms with Crippen molar-refractivity contribution in [1.29, 1.82) is 0 Å². The zero-order valence-electron chi connectivity index (χ0n) is 11.0. The number of fused-ring (bicyclic) bond motifs is 1. The van der Waals surface area contributed by atoms with Gasteiger partial charge >= 0.3 is 0 Å². The van der Waals surface area contributed by atoms with Crippen molar-refractivity contribution in [3.8, 4) is 5.75 Å². The molecule has 3 nitrogen and oxygen atoms in total. The van der Waals surface area contributed by atoms with Crippen LogP contribution in [0.5, 0.6) is 5.75 Å². The summed E-state index contributed by atoms with van der Waals surface area (Å²) < 4.78 is 5.34. The molecule has 19 heavy (non-hydrogen) atoms. The quantitative estimate of drug-likeness (QED) is 0.810. The number of anilines is 1. The predicted molar refractivity (Wildman–Crippen MR) is 77.4 cm³/mol. The van der Waals surface area contributed by atoms with Gasteiger partial charge in [-0.3, -0.25) is 0 Å².